The Kier molecular flexibility index (Phi) is 7.85. The van der Waals surface area contributed by atoms with E-state index in [1.165, 1.54) is 11.1 Å². The Morgan fingerprint density at radius 2 is 1.61 bits per heavy atom. The van der Waals surface area contributed by atoms with Crippen molar-refractivity contribution >= 4 is 11.6 Å². The summed E-state index contributed by atoms with van der Waals surface area (Å²) >= 11 is 0. The first-order valence-corrected chi connectivity index (χ1v) is 11.8. The van der Waals surface area contributed by atoms with Gasteiger partial charge in [-0.25, -0.2) is 0 Å². The summed E-state index contributed by atoms with van der Waals surface area (Å²) in [5.41, 5.74) is 3.35. The van der Waals surface area contributed by atoms with E-state index in [0.717, 1.165) is 56.2 Å². The van der Waals surface area contributed by atoms with Crippen molar-refractivity contribution < 1.29 is 19.4 Å². The summed E-state index contributed by atoms with van der Waals surface area (Å²) < 4.78 is 10.8. The Labute approximate surface area is 196 Å². The zero-order valence-corrected chi connectivity index (χ0v) is 19.7. The Morgan fingerprint density at radius 1 is 0.939 bits per heavy atom. The summed E-state index contributed by atoms with van der Waals surface area (Å²) in [6.07, 6.45) is 1.92. The third kappa shape index (κ3) is 5.49. The van der Waals surface area contributed by atoms with Crippen LogP contribution in [0, 0.1) is 0 Å². The Bertz CT molecular complexity index is 926. The van der Waals surface area contributed by atoms with Crippen molar-refractivity contribution in [2.45, 2.75) is 18.8 Å². The van der Waals surface area contributed by atoms with Gasteiger partial charge in [-0.15, -0.1) is 0 Å². The Balaban J connectivity index is 1.56. The summed E-state index contributed by atoms with van der Waals surface area (Å²) in [6.45, 7) is 5.47. The highest BCUT2D eigenvalue weighted by atomic mass is 16.5. The minimum Gasteiger partial charge on any atom is -0.497 e. The second-order valence-electron chi connectivity index (χ2n) is 8.78. The molecule has 4 rings (SSSR count). The molecule has 2 aromatic rings. The van der Waals surface area contributed by atoms with Crippen molar-refractivity contribution in [2.75, 3.05) is 71.5 Å². The van der Waals surface area contributed by atoms with Gasteiger partial charge in [0.05, 0.1) is 33.1 Å². The van der Waals surface area contributed by atoms with Crippen LogP contribution in [0.15, 0.2) is 42.5 Å². The number of rotatable bonds is 7. The number of aliphatic hydroxyl groups excluding tert-OH is 1. The molecule has 7 heteroatoms. The minimum absolute atomic E-state index is 0.135. The van der Waals surface area contributed by atoms with Crippen LogP contribution in [-0.2, 0) is 4.79 Å². The van der Waals surface area contributed by atoms with Crippen molar-refractivity contribution in [3.8, 4) is 11.5 Å². The van der Waals surface area contributed by atoms with E-state index < -0.39 is 0 Å². The molecule has 0 aliphatic carbocycles. The average molecular weight is 454 g/mol. The van der Waals surface area contributed by atoms with Gasteiger partial charge in [-0.05, 0) is 42.2 Å². The van der Waals surface area contributed by atoms with Crippen LogP contribution >= 0.6 is 0 Å². The van der Waals surface area contributed by atoms with Crippen LogP contribution in [0.2, 0.25) is 0 Å². The van der Waals surface area contributed by atoms with E-state index in [0.29, 0.717) is 19.6 Å². The second-order valence-corrected chi connectivity index (χ2v) is 8.78. The van der Waals surface area contributed by atoms with E-state index in [9.17, 15) is 4.79 Å². The van der Waals surface area contributed by atoms with Gasteiger partial charge in [0.2, 0.25) is 5.91 Å². The van der Waals surface area contributed by atoms with Crippen LogP contribution in [0.1, 0.15) is 29.9 Å². The normalized spacial score (nSPS) is 19.6. The lowest BCUT2D eigenvalue weighted by Gasteiger charge is -2.35. The van der Waals surface area contributed by atoms with Crippen molar-refractivity contribution in [3.05, 3.63) is 53.6 Å². The fraction of sp³-hybridized carbons (Fsp3) is 0.500. The monoisotopic (exact) mass is 453 g/mol. The molecular weight excluding hydrogens is 418 g/mol. The number of piperazine rings is 1. The zero-order valence-electron chi connectivity index (χ0n) is 19.7. The van der Waals surface area contributed by atoms with Gasteiger partial charge in [-0.1, -0.05) is 18.2 Å². The molecule has 0 bridgehead atoms. The molecule has 178 valence electrons. The van der Waals surface area contributed by atoms with Crippen LogP contribution in [0.4, 0.5) is 5.69 Å². The quantitative estimate of drug-likeness (QED) is 0.695. The van der Waals surface area contributed by atoms with Crippen LogP contribution < -0.4 is 14.4 Å². The molecular formula is C26H35N3O4. The molecule has 2 aromatic carbocycles. The number of aliphatic hydroxyl groups is 1. The highest BCUT2D eigenvalue weighted by Gasteiger charge is 2.29. The van der Waals surface area contributed by atoms with Crippen molar-refractivity contribution in [1.82, 2.24) is 9.80 Å². The molecule has 0 saturated carbocycles. The summed E-state index contributed by atoms with van der Waals surface area (Å²) in [5, 5.41) is 9.16. The summed E-state index contributed by atoms with van der Waals surface area (Å²) in [7, 11) is 3.34. The summed E-state index contributed by atoms with van der Waals surface area (Å²) in [4.78, 5) is 19.9. The SMILES string of the molecule is COc1ccc(C2CCCN(C(=O)CN3CCN(CCO)CC3)c3cc(OC)ccc32)cc1. The lowest BCUT2D eigenvalue weighted by atomic mass is 9.87. The first kappa shape index (κ1) is 23.5. The predicted octanol–water partition coefficient (Wildman–Crippen LogP) is 2.57. The largest absolute Gasteiger partial charge is 0.497 e. The number of hydrogen-bond acceptors (Lipinski definition) is 6. The molecule has 1 N–H and O–H groups in total. The molecule has 0 aromatic heterocycles. The summed E-state index contributed by atoms with van der Waals surface area (Å²) in [5.74, 6) is 1.96. The molecule has 1 atom stereocenters. The maximum Gasteiger partial charge on any atom is 0.241 e. The van der Waals surface area contributed by atoms with E-state index in [1.54, 1.807) is 14.2 Å². The molecule has 1 unspecified atom stereocenters. The number of nitrogens with zero attached hydrogens (tertiary/aromatic N) is 3. The number of anilines is 1. The van der Waals surface area contributed by atoms with E-state index in [-0.39, 0.29) is 18.4 Å². The number of amides is 1. The number of methoxy groups -OCH3 is 2. The highest BCUT2D eigenvalue weighted by molar-refractivity contribution is 5.96. The van der Waals surface area contributed by atoms with Crippen molar-refractivity contribution in [3.63, 3.8) is 0 Å². The van der Waals surface area contributed by atoms with Gasteiger partial charge in [0.15, 0.2) is 0 Å². The molecule has 1 fully saturated rings. The van der Waals surface area contributed by atoms with E-state index in [2.05, 4.69) is 28.0 Å². The number of ether oxygens (including phenoxy) is 2. The van der Waals surface area contributed by atoms with E-state index in [4.69, 9.17) is 14.6 Å². The number of carbonyl (C=O) groups is 1. The third-order valence-electron chi connectivity index (χ3n) is 6.84. The number of hydrogen-bond donors (Lipinski definition) is 1. The van der Waals surface area contributed by atoms with Gasteiger partial charge in [0.25, 0.3) is 0 Å². The number of fused-ring (bicyclic) bond motifs is 1. The average Bonchev–Trinajstić information content (AvgIpc) is 3.04. The molecule has 2 aliphatic heterocycles. The number of benzene rings is 2. The molecule has 0 spiro atoms. The third-order valence-corrected chi connectivity index (χ3v) is 6.84. The minimum atomic E-state index is 0.135. The van der Waals surface area contributed by atoms with Gasteiger partial charge in [-0.2, -0.15) is 0 Å². The second kappa shape index (κ2) is 11.0. The van der Waals surface area contributed by atoms with Gasteiger partial charge in [-0.3, -0.25) is 14.6 Å². The molecule has 1 amide bonds. The van der Waals surface area contributed by atoms with Crippen LogP contribution in [0.25, 0.3) is 0 Å². The van der Waals surface area contributed by atoms with Crippen LogP contribution in [0.3, 0.4) is 0 Å². The summed E-state index contributed by atoms with van der Waals surface area (Å²) in [6, 6.07) is 14.4. The Morgan fingerprint density at radius 3 is 2.27 bits per heavy atom. The maximum atomic E-state index is 13.5. The molecule has 2 heterocycles. The molecule has 7 nitrogen and oxygen atoms in total. The predicted molar refractivity (Wildman–Crippen MR) is 129 cm³/mol. The number of β-amino-alcohol motifs (C(OH)–C–C–N with tert-alkyl or cyclic N) is 1. The Hall–Kier alpha value is -2.61. The van der Waals surface area contributed by atoms with Gasteiger partial charge < -0.3 is 19.5 Å². The van der Waals surface area contributed by atoms with E-state index in [1.807, 2.05) is 29.2 Å². The lowest BCUT2D eigenvalue weighted by molar-refractivity contribution is -0.120. The fourth-order valence-corrected chi connectivity index (χ4v) is 4.94. The standard InChI is InChI=1S/C26H35N3O4/c1-32-21-7-5-20(6-8-21)23-4-3-11-29(25-18-22(33-2)9-10-24(23)25)26(31)19-28-14-12-27(13-15-28)16-17-30/h5-10,18,23,30H,3-4,11-17,19H2,1-2H3. The smallest absolute Gasteiger partial charge is 0.241 e. The molecule has 2 aliphatic rings. The molecule has 0 radical (unpaired) electrons. The number of carbonyl (C=O) groups excluding carboxylic acids is 1. The first-order chi connectivity index (χ1) is 16.1. The zero-order chi connectivity index (χ0) is 23.2. The van der Waals surface area contributed by atoms with Crippen LogP contribution in [0.5, 0.6) is 11.5 Å². The van der Waals surface area contributed by atoms with E-state index >= 15 is 0 Å². The molecule has 33 heavy (non-hydrogen) atoms. The fourth-order valence-electron chi connectivity index (χ4n) is 4.94. The topological polar surface area (TPSA) is 65.5 Å². The van der Waals surface area contributed by atoms with Crippen molar-refractivity contribution in [1.29, 1.82) is 0 Å². The van der Waals surface area contributed by atoms with Gasteiger partial charge in [0, 0.05) is 51.3 Å². The van der Waals surface area contributed by atoms with Gasteiger partial charge in [0.1, 0.15) is 11.5 Å². The van der Waals surface area contributed by atoms with Gasteiger partial charge >= 0.3 is 0 Å². The lowest BCUT2D eigenvalue weighted by Crippen LogP contribution is -2.50. The highest BCUT2D eigenvalue weighted by Crippen LogP contribution is 2.40. The van der Waals surface area contributed by atoms with Crippen LogP contribution in [-0.4, -0.2) is 87.5 Å². The van der Waals surface area contributed by atoms with Crippen molar-refractivity contribution in [2.24, 2.45) is 0 Å². The molecule has 1 saturated heterocycles. The maximum absolute atomic E-state index is 13.5. The first-order valence-electron chi connectivity index (χ1n) is 11.8.